The molecule has 0 amide bonds. The fraction of sp³-hybridized carbons (Fsp3) is 0.143. The Labute approximate surface area is 223 Å². The van der Waals surface area contributed by atoms with E-state index in [4.69, 9.17) is 16.7 Å². The van der Waals surface area contributed by atoms with Gasteiger partial charge in [0.05, 0.1) is 34.1 Å². The van der Waals surface area contributed by atoms with Gasteiger partial charge in [-0.2, -0.15) is 4.72 Å². The molecule has 1 unspecified atom stereocenters. The van der Waals surface area contributed by atoms with Gasteiger partial charge in [-0.3, -0.25) is 29.1 Å². The first-order valence-corrected chi connectivity index (χ1v) is 12.5. The lowest BCUT2D eigenvalue weighted by Gasteiger charge is -2.25. The molecule has 0 bridgehead atoms. The van der Waals surface area contributed by atoms with Crippen LogP contribution in [0, 0.1) is 10.1 Å². The third-order valence-electron chi connectivity index (χ3n) is 5.28. The van der Waals surface area contributed by atoms with Crippen LogP contribution in [0.5, 0.6) is 0 Å². The number of aromatic nitrogens is 4. The second kappa shape index (κ2) is 11.0. The van der Waals surface area contributed by atoms with Crippen LogP contribution in [0.4, 0.5) is 11.4 Å². The number of halogens is 1. The van der Waals surface area contributed by atoms with E-state index in [1.54, 1.807) is 19.1 Å². The van der Waals surface area contributed by atoms with Gasteiger partial charge in [-0.1, -0.05) is 11.6 Å². The predicted molar refractivity (Wildman–Crippen MR) is 139 cm³/mol. The Morgan fingerprint density at radius 1 is 1.26 bits per heavy atom. The average Bonchev–Trinajstić information content (AvgIpc) is 3.36. The number of nitro groups is 1. The molecule has 0 saturated heterocycles. The molecule has 2 aromatic heterocycles. The number of anilines is 1. The number of nitro benzene ring substituents is 1. The topological polar surface area (TPSA) is 243 Å². The summed E-state index contributed by atoms with van der Waals surface area (Å²) in [5.74, 6) is -1.33. The van der Waals surface area contributed by atoms with E-state index >= 15 is 0 Å². The van der Waals surface area contributed by atoms with Crippen LogP contribution >= 0.6 is 11.6 Å². The van der Waals surface area contributed by atoms with Gasteiger partial charge in [0.25, 0.3) is 5.69 Å². The zero-order valence-electron chi connectivity index (χ0n) is 19.8. The molecule has 0 fully saturated rings. The number of carboxylic acid groups (broad SMARTS) is 1. The Kier molecular flexibility index (Phi) is 8.20. The first-order chi connectivity index (χ1) is 17.9. The highest BCUT2D eigenvalue weighted by molar-refractivity contribution is 7.89. The number of fused-ring (bicyclic) bond motifs is 2. The average molecular weight is 582 g/mol. The Balaban J connectivity index is 0.000000239. The van der Waals surface area contributed by atoms with Crippen LogP contribution in [0.3, 0.4) is 0 Å². The number of rotatable bonds is 4. The number of nitrogens with one attached hydrogen (secondary N) is 3. The summed E-state index contributed by atoms with van der Waals surface area (Å²) in [6.07, 6.45) is 3.89. The van der Waals surface area contributed by atoms with Gasteiger partial charge in [0.2, 0.25) is 10.0 Å². The van der Waals surface area contributed by atoms with Crippen molar-refractivity contribution in [2.75, 3.05) is 5.32 Å². The summed E-state index contributed by atoms with van der Waals surface area (Å²) in [7, 11) is -3.41. The molecule has 1 atom stereocenters. The van der Waals surface area contributed by atoms with Crippen LogP contribution in [-0.2, 0) is 21.4 Å². The first-order valence-electron chi connectivity index (χ1n) is 10.6. The second-order valence-electron chi connectivity index (χ2n) is 7.95. The van der Waals surface area contributed by atoms with Crippen LogP contribution in [0.2, 0.25) is 5.02 Å². The van der Waals surface area contributed by atoms with Gasteiger partial charge in [-0.05, 0) is 31.2 Å². The summed E-state index contributed by atoms with van der Waals surface area (Å²) in [6, 6.07) is 7.07. The highest BCUT2D eigenvalue weighted by atomic mass is 35.5. The number of nitrogens with zero attached hydrogens (tertiary/aromatic N) is 4. The van der Waals surface area contributed by atoms with Crippen LogP contribution < -0.4 is 21.2 Å². The van der Waals surface area contributed by atoms with E-state index in [2.05, 4.69) is 20.0 Å². The molecule has 0 radical (unpaired) electrons. The second-order valence-corrected chi connectivity index (χ2v) is 10.1. The van der Waals surface area contributed by atoms with E-state index in [1.807, 2.05) is 0 Å². The van der Waals surface area contributed by atoms with Crippen molar-refractivity contribution in [2.24, 2.45) is 0 Å². The van der Waals surface area contributed by atoms with Crippen molar-refractivity contribution in [3.8, 4) is 5.69 Å². The zero-order valence-corrected chi connectivity index (χ0v) is 21.4. The number of carboxylic acids is 1. The number of hydrogen-bond acceptors (Lipinski definition) is 9. The van der Waals surface area contributed by atoms with Gasteiger partial charge in [-0.15, -0.1) is 0 Å². The van der Waals surface area contributed by atoms with Crippen molar-refractivity contribution in [1.29, 1.82) is 0 Å². The van der Waals surface area contributed by atoms with Crippen molar-refractivity contribution in [1.82, 2.24) is 23.8 Å². The predicted octanol–water partition coefficient (Wildman–Crippen LogP) is 0.433. The van der Waals surface area contributed by atoms with E-state index < -0.39 is 38.6 Å². The molecular weight excluding hydrogens is 562 g/mol. The fourth-order valence-corrected chi connectivity index (χ4v) is 5.33. The molecule has 0 spiro atoms. The molecule has 6 N–H and O–H groups in total. The van der Waals surface area contributed by atoms with Crippen LogP contribution in [0.15, 0.2) is 63.5 Å². The van der Waals surface area contributed by atoms with Crippen LogP contribution in [0.25, 0.3) is 16.7 Å². The molecule has 206 valence electrons. The molecule has 1 aliphatic heterocycles. The highest BCUT2D eigenvalue weighted by Crippen LogP contribution is 2.29. The molecular formula is C21H20ClN7O9S. The van der Waals surface area contributed by atoms with Gasteiger partial charge in [0.1, 0.15) is 17.1 Å². The smallest absolute Gasteiger partial charge is 0.323 e. The Morgan fingerprint density at radius 3 is 2.59 bits per heavy atom. The monoisotopic (exact) mass is 581 g/mol. The quantitative estimate of drug-likeness (QED) is 0.147. The molecule has 18 heteroatoms. The van der Waals surface area contributed by atoms with Gasteiger partial charge < -0.3 is 25.5 Å². The van der Waals surface area contributed by atoms with E-state index in [0.29, 0.717) is 10.7 Å². The van der Waals surface area contributed by atoms with E-state index in [1.165, 1.54) is 35.4 Å². The summed E-state index contributed by atoms with van der Waals surface area (Å²) in [6.45, 7) is 0.982. The number of aromatic amines is 1. The Morgan fingerprint density at radius 2 is 1.97 bits per heavy atom. The summed E-state index contributed by atoms with van der Waals surface area (Å²) in [5.41, 5.74) is -1.76. The number of sulfonamides is 1. The Bertz CT molecular complexity index is 1800. The molecule has 16 nitrogen and oxygen atoms in total. The molecule has 0 aliphatic carbocycles. The number of imidazole rings is 1. The third kappa shape index (κ3) is 5.96. The Hall–Kier alpha value is -4.58. The maximum absolute atomic E-state index is 11.9. The summed E-state index contributed by atoms with van der Waals surface area (Å²) >= 11 is 5.72. The van der Waals surface area contributed by atoms with Crippen molar-refractivity contribution < 1.29 is 28.7 Å². The lowest BCUT2D eigenvalue weighted by molar-refractivity contribution is -0.384. The van der Waals surface area contributed by atoms with Gasteiger partial charge >= 0.3 is 17.1 Å². The summed E-state index contributed by atoms with van der Waals surface area (Å²) < 4.78 is 27.8. The molecule has 0 saturated carbocycles. The molecule has 1 aliphatic rings. The number of carbonyl (C=O) groups is 1. The lowest BCUT2D eigenvalue weighted by atomic mass is 10.2. The number of hydrogen-bond donors (Lipinski definition) is 4. The van der Waals surface area contributed by atoms with E-state index in [-0.39, 0.29) is 38.9 Å². The number of aliphatic carboxylic acids is 1. The van der Waals surface area contributed by atoms with E-state index in [9.17, 15) is 32.9 Å². The van der Waals surface area contributed by atoms with Gasteiger partial charge in [0.15, 0.2) is 0 Å². The van der Waals surface area contributed by atoms with Crippen molar-refractivity contribution >= 4 is 50.0 Å². The molecule has 39 heavy (non-hydrogen) atoms. The zero-order chi connectivity index (χ0) is 27.8. The molecule has 2 aromatic carbocycles. The maximum atomic E-state index is 11.9. The van der Waals surface area contributed by atoms with Crippen molar-refractivity contribution in [2.45, 2.75) is 24.5 Å². The maximum Gasteiger partial charge on any atom is 0.323 e. The normalized spacial score (nSPS) is 15.2. The third-order valence-corrected chi connectivity index (χ3v) is 7.10. The molecule has 4 aromatic rings. The fourth-order valence-electron chi connectivity index (χ4n) is 3.74. The minimum Gasteiger partial charge on any atom is -0.480 e. The minimum atomic E-state index is -3.41. The minimum absolute atomic E-state index is 0. The van der Waals surface area contributed by atoms with Gasteiger partial charge in [-0.25, -0.2) is 13.4 Å². The standard InChI is InChI=1S/C13H9N5O6.C8H9ClN2O2S.H2O/c19-11(20)5-17-8-4-9(16-2-1-14-6-16)10(18(23)24)3-7(8)15-12(21)13(17)22;1-5-10-7-3-2-6(9)4-8(7)14(12,13)11-5;/h1-4,6H,5H2,(H,15,21)(H,19,20);2-5,10-11H,1H3;1H2. The highest BCUT2D eigenvalue weighted by Gasteiger charge is 2.26. The van der Waals surface area contributed by atoms with Crippen LogP contribution in [-0.4, -0.2) is 55.2 Å². The first kappa shape index (κ1) is 29.0. The SMILES string of the molecule is CC1Nc2ccc(Cl)cc2S(=O)(=O)N1.O.O=C(O)Cn1c(=O)c(=O)[nH]c2cc([N+](=O)[O-])c(-n3ccnc3)cc21. The van der Waals surface area contributed by atoms with E-state index in [0.717, 1.165) is 10.6 Å². The summed E-state index contributed by atoms with van der Waals surface area (Å²) in [4.78, 5) is 51.4. The van der Waals surface area contributed by atoms with Crippen molar-refractivity contribution in [3.05, 3.63) is 84.9 Å². The largest absolute Gasteiger partial charge is 0.480 e. The van der Waals surface area contributed by atoms with Gasteiger partial charge in [0, 0.05) is 23.5 Å². The lowest BCUT2D eigenvalue weighted by Crippen LogP contribution is -2.42. The molecule has 5 rings (SSSR count). The number of H-pyrrole nitrogens is 1. The number of benzene rings is 2. The van der Waals surface area contributed by atoms with Crippen molar-refractivity contribution in [3.63, 3.8) is 0 Å². The van der Waals surface area contributed by atoms with Crippen LogP contribution in [0.1, 0.15) is 6.92 Å². The molecule has 3 heterocycles. The summed E-state index contributed by atoms with van der Waals surface area (Å²) in [5, 5.41) is 23.6.